The van der Waals surface area contributed by atoms with Crippen LogP contribution in [-0.4, -0.2) is 34.4 Å². The minimum atomic E-state index is -0.316. The van der Waals surface area contributed by atoms with Crippen molar-refractivity contribution in [2.45, 2.75) is 19.4 Å². The maximum atomic E-state index is 13.0. The molecule has 138 valence electrons. The monoisotopic (exact) mass is 361 g/mol. The number of benzene rings is 2. The maximum absolute atomic E-state index is 13.0. The van der Waals surface area contributed by atoms with Crippen molar-refractivity contribution >= 4 is 22.7 Å². The molecule has 1 aliphatic heterocycles. The Bertz CT molecular complexity index is 978. The van der Waals surface area contributed by atoms with Gasteiger partial charge < -0.3 is 15.2 Å². The van der Waals surface area contributed by atoms with Crippen molar-refractivity contribution in [3.8, 4) is 11.3 Å². The van der Waals surface area contributed by atoms with E-state index in [4.69, 9.17) is 5.73 Å². The van der Waals surface area contributed by atoms with Crippen molar-refractivity contribution in [2.24, 2.45) is 11.7 Å². The summed E-state index contributed by atoms with van der Waals surface area (Å²) in [4.78, 5) is 26.3. The summed E-state index contributed by atoms with van der Waals surface area (Å²) in [5.41, 5.74) is 8.59. The predicted molar refractivity (Wildman–Crippen MR) is 106 cm³/mol. The van der Waals surface area contributed by atoms with Crippen LogP contribution in [0.3, 0.4) is 0 Å². The predicted octanol–water partition coefficient (Wildman–Crippen LogP) is 3.03. The van der Waals surface area contributed by atoms with Crippen molar-refractivity contribution < 1.29 is 9.59 Å². The smallest absolute Gasteiger partial charge is 0.242 e. The van der Waals surface area contributed by atoms with Crippen molar-refractivity contribution in [3.63, 3.8) is 0 Å². The first-order chi connectivity index (χ1) is 13.1. The van der Waals surface area contributed by atoms with Gasteiger partial charge in [-0.2, -0.15) is 0 Å². The molecule has 0 bridgehead atoms. The molecule has 0 saturated carbocycles. The number of primary amides is 1. The van der Waals surface area contributed by atoms with Gasteiger partial charge in [0, 0.05) is 29.7 Å². The summed E-state index contributed by atoms with van der Waals surface area (Å²) in [7, 11) is 0. The molecule has 2 amide bonds. The van der Waals surface area contributed by atoms with E-state index < -0.39 is 0 Å². The Morgan fingerprint density at radius 1 is 1.04 bits per heavy atom. The number of para-hydroxylation sites is 1. The zero-order chi connectivity index (χ0) is 18.8. The van der Waals surface area contributed by atoms with Crippen LogP contribution in [0.1, 0.15) is 12.8 Å². The summed E-state index contributed by atoms with van der Waals surface area (Å²) in [6, 6.07) is 20.3. The van der Waals surface area contributed by atoms with Crippen LogP contribution in [0.5, 0.6) is 0 Å². The van der Waals surface area contributed by atoms with Gasteiger partial charge in [0.25, 0.3) is 0 Å². The van der Waals surface area contributed by atoms with Crippen molar-refractivity contribution in [1.82, 2.24) is 9.47 Å². The molecule has 4 rings (SSSR count). The lowest BCUT2D eigenvalue weighted by Crippen LogP contribution is -2.45. The summed E-state index contributed by atoms with van der Waals surface area (Å²) < 4.78 is 2.07. The highest BCUT2D eigenvalue weighted by Gasteiger charge is 2.27. The number of piperidine rings is 1. The van der Waals surface area contributed by atoms with E-state index in [0.29, 0.717) is 13.1 Å². The summed E-state index contributed by atoms with van der Waals surface area (Å²) in [5.74, 6) is -0.527. The van der Waals surface area contributed by atoms with Gasteiger partial charge in [-0.15, -0.1) is 0 Å². The molecule has 27 heavy (non-hydrogen) atoms. The van der Waals surface area contributed by atoms with E-state index >= 15 is 0 Å². The quantitative estimate of drug-likeness (QED) is 0.776. The average Bonchev–Trinajstić information content (AvgIpc) is 3.07. The van der Waals surface area contributed by atoms with E-state index in [9.17, 15) is 9.59 Å². The molecule has 1 unspecified atom stereocenters. The third-order valence-corrected chi connectivity index (χ3v) is 5.35. The van der Waals surface area contributed by atoms with Gasteiger partial charge in [0.1, 0.15) is 6.54 Å². The molecule has 1 aromatic heterocycles. The van der Waals surface area contributed by atoms with E-state index in [1.54, 1.807) is 4.90 Å². The Labute approximate surface area is 158 Å². The lowest BCUT2D eigenvalue weighted by Gasteiger charge is -2.31. The zero-order valence-corrected chi connectivity index (χ0v) is 15.2. The van der Waals surface area contributed by atoms with Crippen LogP contribution in [-0.2, 0) is 16.1 Å². The maximum Gasteiger partial charge on any atom is 0.242 e. The lowest BCUT2D eigenvalue weighted by molar-refractivity contribution is -0.135. The number of likely N-dealkylation sites (tertiary alicyclic amines) is 1. The van der Waals surface area contributed by atoms with Crippen LogP contribution in [0.15, 0.2) is 60.7 Å². The second-order valence-corrected chi connectivity index (χ2v) is 7.12. The molecule has 2 N–H and O–H groups in total. The Hall–Kier alpha value is -3.08. The van der Waals surface area contributed by atoms with Gasteiger partial charge >= 0.3 is 0 Å². The summed E-state index contributed by atoms with van der Waals surface area (Å²) in [6.07, 6.45) is 1.58. The number of carbonyl (C=O) groups excluding carboxylic acids is 2. The standard InChI is InChI=1S/C22H23N3O2/c23-22(27)18-10-6-12-24(14-18)21(26)15-25-19-11-5-4-9-17(19)13-20(25)16-7-2-1-3-8-16/h1-5,7-9,11,13,18H,6,10,12,14-15H2,(H2,23,27). The number of amides is 2. The van der Waals surface area contributed by atoms with Crippen LogP contribution < -0.4 is 5.73 Å². The Morgan fingerprint density at radius 3 is 2.56 bits per heavy atom. The first-order valence-electron chi connectivity index (χ1n) is 9.34. The first kappa shape index (κ1) is 17.3. The molecule has 1 atom stereocenters. The molecule has 2 heterocycles. The van der Waals surface area contributed by atoms with Crippen LogP contribution in [0, 0.1) is 5.92 Å². The molecule has 1 fully saturated rings. The van der Waals surface area contributed by atoms with E-state index in [1.165, 1.54) is 0 Å². The van der Waals surface area contributed by atoms with Gasteiger partial charge in [0.15, 0.2) is 0 Å². The highest BCUT2D eigenvalue weighted by Crippen LogP contribution is 2.28. The minimum Gasteiger partial charge on any atom is -0.369 e. The van der Waals surface area contributed by atoms with Crippen molar-refractivity contribution in [1.29, 1.82) is 0 Å². The fourth-order valence-corrected chi connectivity index (χ4v) is 3.90. The third-order valence-electron chi connectivity index (χ3n) is 5.35. The number of nitrogens with two attached hydrogens (primary N) is 1. The van der Waals surface area contributed by atoms with Crippen LogP contribution in [0.2, 0.25) is 0 Å². The molecule has 5 nitrogen and oxygen atoms in total. The van der Waals surface area contributed by atoms with E-state index in [2.05, 4.69) is 28.8 Å². The number of fused-ring (bicyclic) bond motifs is 1. The third kappa shape index (κ3) is 3.45. The fraction of sp³-hybridized carbons (Fsp3) is 0.273. The van der Waals surface area contributed by atoms with Gasteiger partial charge in [-0.3, -0.25) is 9.59 Å². The Kier molecular flexibility index (Phi) is 4.67. The number of nitrogens with zero attached hydrogens (tertiary/aromatic N) is 2. The highest BCUT2D eigenvalue weighted by atomic mass is 16.2. The van der Waals surface area contributed by atoms with Gasteiger partial charge in [-0.1, -0.05) is 48.5 Å². The Balaban J connectivity index is 1.67. The lowest BCUT2D eigenvalue weighted by atomic mass is 9.97. The second kappa shape index (κ2) is 7.27. The molecule has 3 aromatic rings. The summed E-state index contributed by atoms with van der Waals surface area (Å²) >= 11 is 0. The van der Waals surface area contributed by atoms with Gasteiger partial charge in [0.05, 0.1) is 5.92 Å². The molecule has 0 radical (unpaired) electrons. The largest absolute Gasteiger partial charge is 0.369 e. The molecule has 0 aliphatic carbocycles. The fourth-order valence-electron chi connectivity index (χ4n) is 3.90. The summed E-state index contributed by atoms with van der Waals surface area (Å²) in [6.45, 7) is 1.36. The first-order valence-corrected chi connectivity index (χ1v) is 9.34. The minimum absolute atomic E-state index is 0.0273. The van der Waals surface area contributed by atoms with E-state index in [1.807, 2.05) is 36.4 Å². The molecule has 1 saturated heterocycles. The normalized spacial score (nSPS) is 17.2. The average molecular weight is 361 g/mol. The number of carbonyl (C=O) groups is 2. The van der Waals surface area contributed by atoms with Gasteiger partial charge in [-0.05, 0) is 30.5 Å². The second-order valence-electron chi connectivity index (χ2n) is 7.12. The highest BCUT2D eigenvalue weighted by molar-refractivity contribution is 5.89. The zero-order valence-electron chi connectivity index (χ0n) is 15.2. The topological polar surface area (TPSA) is 68.3 Å². The number of rotatable bonds is 4. The molecular weight excluding hydrogens is 338 g/mol. The van der Waals surface area contributed by atoms with Crippen LogP contribution in [0.25, 0.3) is 22.2 Å². The molecule has 5 heteroatoms. The van der Waals surface area contributed by atoms with Crippen molar-refractivity contribution in [3.05, 3.63) is 60.7 Å². The van der Waals surface area contributed by atoms with Gasteiger partial charge in [-0.25, -0.2) is 0 Å². The molecular formula is C22H23N3O2. The number of hydrogen-bond acceptors (Lipinski definition) is 2. The van der Waals surface area contributed by atoms with Crippen molar-refractivity contribution in [2.75, 3.05) is 13.1 Å². The van der Waals surface area contributed by atoms with Gasteiger partial charge in [0.2, 0.25) is 11.8 Å². The number of hydrogen-bond donors (Lipinski definition) is 1. The van der Waals surface area contributed by atoms with Crippen LogP contribution in [0.4, 0.5) is 0 Å². The molecule has 2 aromatic carbocycles. The van der Waals surface area contributed by atoms with Crippen LogP contribution >= 0.6 is 0 Å². The number of aromatic nitrogens is 1. The SMILES string of the molecule is NC(=O)C1CCCN(C(=O)Cn2c(-c3ccccc3)cc3ccccc32)C1. The summed E-state index contributed by atoms with van der Waals surface area (Å²) in [5, 5.41) is 1.11. The Morgan fingerprint density at radius 2 is 1.78 bits per heavy atom. The molecule has 1 aliphatic rings. The van der Waals surface area contributed by atoms with E-state index in [-0.39, 0.29) is 24.3 Å². The van der Waals surface area contributed by atoms with E-state index in [0.717, 1.165) is 35.0 Å². The molecule has 0 spiro atoms.